The Bertz CT molecular complexity index is 688. The molecule has 1 aliphatic carbocycles. The Morgan fingerprint density at radius 3 is 2.58 bits per heavy atom. The fourth-order valence-electron chi connectivity index (χ4n) is 3.39. The molecule has 144 valence electrons. The highest BCUT2D eigenvalue weighted by Gasteiger charge is 2.41. The predicted octanol–water partition coefficient (Wildman–Crippen LogP) is 3.51. The van der Waals surface area contributed by atoms with Crippen molar-refractivity contribution in [3.05, 3.63) is 22.5 Å². The zero-order chi connectivity index (χ0) is 19.3. The van der Waals surface area contributed by atoms with E-state index in [4.69, 9.17) is 16.3 Å². The van der Waals surface area contributed by atoms with E-state index in [1.807, 2.05) is 6.92 Å². The van der Waals surface area contributed by atoms with E-state index >= 15 is 0 Å². The Morgan fingerprint density at radius 2 is 2.00 bits per heavy atom. The van der Waals surface area contributed by atoms with Crippen molar-refractivity contribution in [2.45, 2.75) is 65.0 Å². The topological polar surface area (TPSA) is 73.2 Å². The summed E-state index contributed by atoms with van der Waals surface area (Å²) in [5, 5.41) is 7.80. The van der Waals surface area contributed by atoms with Gasteiger partial charge in [-0.1, -0.05) is 44.7 Å². The number of methoxy groups -OCH3 is 1. The van der Waals surface area contributed by atoms with Crippen molar-refractivity contribution in [1.29, 1.82) is 0 Å². The molecule has 1 saturated carbocycles. The minimum absolute atomic E-state index is 0.329. The number of hydrogen-bond donors (Lipinski definition) is 1. The third-order valence-electron chi connectivity index (χ3n) is 4.69. The molecule has 0 saturated heterocycles. The molecule has 1 heterocycles. The number of ether oxygens (including phenoxy) is 1. The van der Waals surface area contributed by atoms with Crippen LogP contribution in [0.3, 0.4) is 0 Å². The van der Waals surface area contributed by atoms with Gasteiger partial charge in [0.1, 0.15) is 10.7 Å². The monoisotopic (exact) mass is 381 g/mol. The number of nitrogens with one attached hydrogen (secondary N) is 1. The normalized spacial score (nSPS) is 16.8. The number of aromatic nitrogens is 2. The molecule has 1 aromatic rings. The largest absolute Gasteiger partial charge is 0.467 e. The molecule has 0 radical (unpaired) electrons. The molecular weight excluding hydrogens is 354 g/mol. The van der Waals surface area contributed by atoms with Gasteiger partial charge in [0.05, 0.1) is 12.8 Å². The molecule has 6 nitrogen and oxygen atoms in total. The zero-order valence-electron chi connectivity index (χ0n) is 16.0. The van der Waals surface area contributed by atoms with E-state index in [1.54, 1.807) is 10.8 Å². The Balaban J connectivity index is 2.13. The Labute approximate surface area is 159 Å². The minimum Gasteiger partial charge on any atom is -0.467 e. The molecule has 1 aliphatic rings. The number of nitrogens with zero attached hydrogens (tertiary/aromatic N) is 2. The predicted molar refractivity (Wildman–Crippen MR) is 102 cm³/mol. The van der Waals surface area contributed by atoms with Crippen LogP contribution in [0.1, 0.15) is 57.2 Å². The van der Waals surface area contributed by atoms with Gasteiger partial charge in [-0.3, -0.25) is 9.48 Å². The van der Waals surface area contributed by atoms with Crippen LogP contribution in [-0.4, -0.2) is 34.3 Å². The lowest BCUT2D eigenvalue weighted by Gasteiger charge is -2.34. The maximum Gasteiger partial charge on any atom is 0.331 e. The van der Waals surface area contributed by atoms with Gasteiger partial charge in [-0.05, 0) is 31.8 Å². The van der Waals surface area contributed by atoms with E-state index in [0.29, 0.717) is 30.5 Å². The van der Waals surface area contributed by atoms with Crippen LogP contribution < -0.4 is 5.32 Å². The molecule has 1 N–H and O–H groups in total. The molecule has 26 heavy (non-hydrogen) atoms. The zero-order valence-corrected chi connectivity index (χ0v) is 16.7. The van der Waals surface area contributed by atoms with Crippen molar-refractivity contribution >= 4 is 29.6 Å². The SMILES string of the molecule is COC(=O)C1(NC(=O)/C=C/c2c(C)nn(CC(C)C)c2Cl)CCCCC1. The van der Waals surface area contributed by atoms with Gasteiger partial charge in [-0.15, -0.1) is 0 Å². The number of aryl methyl sites for hydroxylation is 1. The molecule has 1 fully saturated rings. The highest BCUT2D eigenvalue weighted by molar-refractivity contribution is 6.31. The van der Waals surface area contributed by atoms with Crippen molar-refractivity contribution in [1.82, 2.24) is 15.1 Å². The quantitative estimate of drug-likeness (QED) is 0.604. The van der Waals surface area contributed by atoms with Gasteiger partial charge >= 0.3 is 5.97 Å². The molecule has 0 spiro atoms. The average molecular weight is 382 g/mol. The summed E-state index contributed by atoms with van der Waals surface area (Å²) in [5.41, 5.74) is 0.563. The summed E-state index contributed by atoms with van der Waals surface area (Å²) in [7, 11) is 1.35. The first kappa shape index (κ1) is 20.5. The summed E-state index contributed by atoms with van der Waals surface area (Å²) in [6.07, 6.45) is 7.13. The standard InChI is InChI=1S/C19H28ClN3O3/c1-13(2)12-23-17(20)15(14(3)22-23)8-9-16(24)21-19(18(25)26-4)10-6-5-7-11-19/h8-9,13H,5-7,10-12H2,1-4H3,(H,21,24)/b9-8+. The van der Waals surface area contributed by atoms with E-state index < -0.39 is 5.54 Å². The number of halogens is 1. The van der Waals surface area contributed by atoms with Gasteiger partial charge in [0, 0.05) is 18.2 Å². The molecule has 2 rings (SSSR count). The van der Waals surface area contributed by atoms with Crippen LogP contribution in [0.2, 0.25) is 5.15 Å². The number of carbonyl (C=O) groups is 2. The summed E-state index contributed by atoms with van der Waals surface area (Å²) < 4.78 is 6.67. The lowest BCUT2D eigenvalue weighted by molar-refractivity contribution is -0.152. The molecule has 1 amide bonds. The molecule has 0 unspecified atom stereocenters. The van der Waals surface area contributed by atoms with Crippen LogP contribution in [0, 0.1) is 12.8 Å². The highest BCUT2D eigenvalue weighted by Crippen LogP contribution is 2.29. The Hall–Kier alpha value is -1.82. The summed E-state index contributed by atoms with van der Waals surface area (Å²) in [6, 6.07) is 0. The molecule has 1 aromatic heterocycles. The van der Waals surface area contributed by atoms with E-state index in [1.165, 1.54) is 13.2 Å². The lowest BCUT2D eigenvalue weighted by Crippen LogP contribution is -2.55. The molecule has 0 atom stereocenters. The van der Waals surface area contributed by atoms with Crippen molar-refractivity contribution in [3.8, 4) is 0 Å². The first-order valence-corrected chi connectivity index (χ1v) is 9.48. The number of esters is 1. The van der Waals surface area contributed by atoms with Gasteiger partial charge in [0.2, 0.25) is 5.91 Å². The number of amides is 1. The first-order valence-electron chi connectivity index (χ1n) is 9.10. The van der Waals surface area contributed by atoms with Crippen molar-refractivity contribution in [2.75, 3.05) is 7.11 Å². The van der Waals surface area contributed by atoms with Gasteiger partial charge in [-0.2, -0.15) is 5.10 Å². The average Bonchev–Trinajstić information content (AvgIpc) is 2.86. The second-order valence-corrected chi connectivity index (χ2v) is 7.68. The van der Waals surface area contributed by atoms with Crippen LogP contribution in [0.15, 0.2) is 6.08 Å². The number of carbonyl (C=O) groups excluding carboxylic acids is 2. The maximum absolute atomic E-state index is 12.4. The number of hydrogen-bond acceptors (Lipinski definition) is 4. The van der Waals surface area contributed by atoms with Gasteiger partial charge in [0.25, 0.3) is 0 Å². The van der Waals surface area contributed by atoms with Crippen LogP contribution >= 0.6 is 11.6 Å². The van der Waals surface area contributed by atoms with Crippen molar-refractivity contribution < 1.29 is 14.3 Å². The lowest BCUT2D eigenvalue weighted by atomic mass is 9.81. The maximum atomic E-state index is 12.4. The van der Waals surface area contributed by atoms with Crippen LogP contribution in [-0.2, 0) is 20.9 Å². The Kier molecular flexibility index (Phi) is 6.87. The van der Waals surface area contributed by atoms with Crippen molar-refractivity contribution in [2.24, 2.45) is 5.92 Å². The summed E-state index contributed by atoms with van der Waals surface area (Å²) in [4.78, 5) is 24.7. The summed E-state index contributed by atoms with van der Waals surface area (Å²) >= 11 is 6.39. The summed E-state index contributed by atoms with van der Waals surface area (Å²) in [5.74, 6) is -0.291. The first-order chi connectivity index (χ1) is 12.3. The summed E-state index contributed by atoms with van der Waals surface area (Å²) in [6.45, 7) is 6.75. The smallest absolute Gasteiger partial charge is 0.331 e. The van der Waals surface area contributed by atoms with Gasteiger partial charge in [0.15, 0.2) is 0 Å². The van der Waals surface area contributed by atoms with Crippen LogP contribution in [0.5, 0.6) is 0 Å². The van der Waals surface area contributed by atoms with Gasteiger partial charge in [-0.25, -0.2) is 4.79 Å². The second-order valence-electron chi connectivity index (χ2n) is 7.32. The highest BCUT2D eigenvalue weighted by atomic mass is 35.5. The van der Waals surface area contributed by atoms with E-state index in [-0.39, 0.29) is 11.9 Å². The molecular formula is C19H28ClN3O3. The second kappa shape index (κ2) is 8.71. The molecule has 0 aromatic carbocycles. The fourth-order valence-corrected chi connectivity index (χ4v) is 3.70. The minimum atomic E-state index is -0.922. The van der Waals surface area contributed by atoms with Crippen molar-refractivity contribution in [3.63, 3.8) is 0 Å². The van der Waals surface area contributed by atoms with Crippen LogP contribution in [0.25, 0.3) is 6.08 Å². The third-order valence-corrected chi connectivity index (χ3v) is 5.09. The van der Waals surface area contributed by atoms with Gasteiger partial charge < -0.3 is 10.1 Å². The third kappa shape index (κ3) is 4.67. The molecule has 7 heteroatoms. The fraction of sp³-hybridized carbons (Fsp3) is 0.632. The van der Waals surface area contributed by atoms with E-state index in [2.05, 4.69) is 24.3 Å². The molecule has 0 bridgehead atoms. The van der Waals surface area contributed by atoms with Crippen LogP contribution in [0.4, 0.5) is 0 Å². The Morgan fingerprint density at radius 1 is 1.35 bits per heavy atom. The molecule has 0 aliphatic heterocycles. The number of rotatable bonds is 6. The van der Waals surface area contributed by atoms with E-state index in [0.717, 1.165) is 30.5 Å². The van der Waals surface area contributed by atoms with E-state index in [9.17, 15) is 9.59 Å².